The number of hydrogen-bond acceptors (Lipinski definition) is 6. The van der Waals surface area contributed by atoms with Crippen molar-refractivity contribution < 1.29 is 13.5 Å². The van der Waals surface area contributed by atoms with Crippen molar-refractivity contribution in [2.45, 2.75) is 48.9 Å². The van der Waals surface area contributed by atoms with Crippen molar-refractivity contribution in [2.24, 2.45) is 0 Å². The first-order chi connectivity index (χ1) is 14.3. The molecule has 9 heteroatoms. The van der Waals surface area contributed by atoms with Gasteiger partial charge in [0.2, 0.25) is 15.7 Å². The molecular weight excluding hydrogens is 470 g/mol. The number of benzene rings is 1. The van der Waals surface area contributed by atoms with Crippen LogP contribution in [0, 0.1) is 0 Å². The molecule has 2 heterocycles. The maximum absolute atomic E-state index is 13.4. The summed E-state index contributed by atoms with van der Waals surface area (Å²) < 4.78 is 28.4. The number of sulfone groups is 1. The first-order valence-corrected chi connectivity index (χ1v) is 11.8. The van der Waals surface area contributed by atoms with Crippen molar-refractivity contribution in [3.63, 3.8) is 0 Å². The summed E-state index contributed by atoms with van der Waals surface area (Å²) in [6.45, 7) is 3.78. The third kappa shape index (κ3) is 4.32. The predicted molar refractivity (Wildman–Crippen MR) is 116 cm³/mol. The van der Waals surface area contributed by atoms with Gasteiger partial charge in [0, 0.05) is 23.3 Å². The van der Waals surface area contributed by atoms with E-state index in [0.717, 1.165) is 18.4 Å². The second-order valence-electron chi connectivity index (χ2n) is 6.88. The van der Waals surface area contributed by atoms with Gasteiger partial charge in [-0.2, -0.15) is 4.98 Å². The average molecular weight is 492 g/mol. The zero-order chi connectivity index (χ0) is 21.9. The van der Waals surface area contributed by atoms with Crippen LogP contribution in [-0.4, -0.2) is 28.1 Å². The number of aryl methyl sites for hydroxylation is 1. The van der Waals surface area contributed by atoms with E-state index in [2.05, 4.69) is 25.9 Å². The van der Waals surface area contributed by atoms with Crippen molar-refractivity contribution in [3.8, 4) is 5.88 Å². The molecule has 0 spiro atoms. The van der Waals surface area contributed by atoms with E-state index in [1.54, 1.807) is 37.5 Å². The molecule has 1 atom stereocenters. The Morgan fingerprint density at radius 3 is 2.50 bits per heavy atom. The lowest BCUT2D eigenvalue weighted by Crippen LogP contribution is -2.32. The standard InChI is InChI=1S/C21H22BrN3O4S/c1-3-4-7-18-24-20(26)19(30(28,29)17-10-8-16(22)9-11-17)21(27)25(18)14(2)15-6-5-12-23-13-15/h5-6,8-14,26H,3-4,7H2,1-2H3. The lowest BCUT2D eigenvalue weighted by atomic mass is 10.1. The number of rotatable bonds is 7. The van der Waals surface area contributed by atoms with Crippen molar-refractivity contribution in [2.75, 3.05) is 0 Å². The van der Waals surface area contributed by atoms with Crippen LogP contribution in [-0.2, 0) is 16.3 Å². The van der Waals surface area contributed by atoms with Crippen LogP contribution in [0.4, 0.5) is 0 Å². The number of halogens is 1. The molecule has 0 bridgehead atoms. The van der Waals surface area contributed by atoms with Gasteiger partial charge in [-0.05, 0) is 49.2 Å². The molecule has 0 amide bonds. The smallest absolute Gasteiger partial charge is 0.277 e. The van der Waals surface area contributed by atoms with Crippen LogP contribution in [0.5, 0.6) is 5.88 Å². The number of aromatic hydroxyl groups is 1. The molecule has 158 valence electrons. The highest BCUT2D eigenvalue weighted by Gasteiger charge is 2.30. The minimum absolute atomic E-state index is 0.0956. The number of unbranched alkanes of at least 4 members (excludes halogenated alkanes) is 1. The molecule has 0 aliphatic carbocycles. The fraction of sp³-hybridized carbons (Fsp3) is 0.286. The Kier molecular flexibility index (Phi) is 6.72. The van der Waals surface area contributed by atoms with Crippen LogP contribution in [0.1, 0.15) is 44.1 Å². The molecule has 0 saturated carbocycles. The van der Waals surface area contributed by atoms with Crippen LogP contribution in [0.3, 0.4) is 0 Å². The topological polar surface area (TPSA) is 102 Å². The minimum atomic E-state index is -4.27. The third-order valence-electron chi connectivity index (χ3n) is 4.83. The molecule has 0 aliphatic rings. The van der Waals surface area contributed by atoms with E-state index in [1.807, 2.05) is 13.0 Å². The number of pyridine rings is 1. The maximum Gasteiger partial charge on any atom is 0.277 e. The fourth-order valence-corrected chi connectivity index (χ4v) is 4.81. The molecule has 0 fully saturated rings. The lowest BCUT2D eigenvalue weighted by Gasteiger charge is -2.21. The van der Waals surface area contributed by atoms with E-state index in [-0.39, 0.29) is 4.90 Å². The molecular formula is C21H22BrN3O4S. The van der Waals surface area contributed by atoms with Gasteiger partial charge < -0.3 is 5.11 Å². The zero-order valence-corrected chi connectivity index (χ0v) is 19.0. The van der Waals surface area contributed by atoms with Crippen LogP contribution in [0.2, 0.25) is 0 Å². The number of nitrogens with zero attached hydrogens (tertiary/aromatic N) is 3. The average Bonchev–Trinajstić information content (AvgIpc) is 2.72. The second kappa shape index (κ2) is 9.09. The zero-order valence-electron chi connectivity index (χ0n) is 16.6. The van der Waals surface area contributed by atoms with Gasteiger partial charge in [-0.25, -0.2) is 8.42 Å². The Bertz CT molecular complexity index is 1190. The van der Waals surface area contributed by atoms with Gasteiger partial charge in [0.15, 0.2) is 4.90 Å². The van der Waals surface area contributed by atoms with E-state index >= 15 is 0 Å². The van der Waals surface area contributed by atoms with Gasteiger partial charge in [0.1, 0.15) is 5.82 Å². The second-order valence-corrected chi connectivity index (χ2v) is 9.68. The highest BCUT2D eigenvalue weighted by atomic mass is 79.9. The highest BCUT2D eigenvalue weighted by molar-refractivity contribution is 9.10. The molecule has 1 unspecified atom stereocenters. The largest absolute Gasteiger partial charge is 0.492 e. The fourth-order valence-electron chi connectivity index (χ4n) is 3.20. The molecule has 3 rings (SSSR count). The van der Waals surface area contributed by atoms with E-state index in [0.29, 0.717) is 16.7 Å². The van der Waals surface area contributed by atoms with E-state index < -0.39 is 32.2 Å². The highest BCUT2D eigenvalue weighted by Crippen LogP contribution is 2.28. The first-order valence-electron chi connectivity index (χ1n) is 9.52. The molecule has 0 radical (unpaired) electrons. The Hall–Kier alpha value is -2.52. The summed E-state index contributed by atoms with van der Waals surface area (Å²) in [6.07, 6.45) is 5.27. The first kappa shape index (κ1) is 22.2. The molecule has 0 aliphatic heterocycles. The van der Waals surface area contributed by atoms with Crippen molar-refractivity contribution >= 4 is 25.8 Å². The predicted octanol–water partition coefficient (Wildman–Crippen LogP) is 3.89. The molecule has 7 nitrogen and oxygen atoms in total. The maximum atomic E-state index is 13.4. The lowest BCUT2D eigenvalue weighted by molar-refractivity contribution is 0.412. The van der Waals surface area contributed by atoms with E-state index in [4.69, 9.17) is 0 Å². The Labute approximate surface area is 183 Å². The summed E-state index contributed by atoms with van der Waals surface area (Å²) in [4.78, 5) is 20.8. The van der Waals surface area contributed by atoms with Crippen molar-refractivity contribution in [3.05, 3.63) is 75.0 Å². The van der Waals surface area contributed by atoms with Crippen molar-refractivity contribution in [1.29, 1.82) is 0 Å². The summed E-state index contributed by atoms with van der Waals surface area (Å²) >= 11 is 3.26. The third-order valence-corrected chi connectivity index (χ3v) is 7.15. The van der Waals surface area contributed by atoms with E-state index in [1.165, 1.54) is 16.7 Å². The van der Waals surface area contributed by atoms with Crippen LogP contribution in [0.15, 0.2) is 67.9 Å². The van der Waals surface area contributed by atoms with E-state index in [9.17, 15) is 18.3 Å². The summed E-state index contributed by atoms with van der Waals surface area (Å²) in [5.74, 6) is -0.436. The Morgan fingerprint density at radius 1 is 1.20 bits per heavy atom. The van der Waals surface area contributed by atoms with Gasteiger partial charge in [0.25, 0.3) is 5.56 Å². The molecule has 2 aromatic heterocycles. The molecule has 1 aromatic carbocycles. The van der Waals surface area contributed by atoms with Gasteiger partial charge in [-0.15, -0.1) is 0 Å². The quantitative estimate of drug-likeness (QED) is 0.537. The summed E-state index contributed by atoms with van der Waals surface area (Å²) in [5.41, 5.74) is -0.0651. The summed E-state index contributed by atoms with van der Waals surface area (Å²) in [7, 11) is -4.27. The number of aromatic nitrogens is 3. The SMILES string of the molecule is CCCCc1nc(O)c(S(=O)(=O)c2ccc(Br)cc2)c(=O)n1C(C)c1cccnc1. The summed E-state index contributed by atoms with van der Waals surface area (Å²) in [5, 5.41) is 10.5. The molecule has 3 aromatic rings. The van der Waals surface area contributed by atoms with Crippen molar-refractivity contribution in [1.82, 2.24) is 14.5 Å². The molecule has 1 N–H and O–H groups in total. The monoisotopic (exact) mass is 491 g/mol. The van der Waals surface area contributed by atoms with Crippen LogP contribution < -0.4 is 5.56 Å². The molecule has 30 heavy (non-hydrogen) atoms. The van der Waals surface area contributed by atoms with Gasteiger partial charge in [0.05, 0.1) is 10.9 Å². The Balaban J connectivity index is 2.25. The van der Waals surface area contributed by atoms with Gasteiger partial charge >= 0.3 is 0 Å². The summed E-state index contributed by atoms with van der Waals surface area (Å²) in [6, 6.07) is 8.91. The minimum Gasteiger partial charge on any atom is -0.492 e. The van der Waals surface area contributed by atoms with Gasteiger partial charge in [-0.1, -0.05) is 35.3 Å². The Morgan fingerprint density at radius 2 is 1.90 bits per heavy atom. The normalized spacial score (nSPS) is 12.6. The van der Waals surface area contributed by atoms with Crippen LogP contribution >= 0.6 is 15.9 Å². The van der Waals surface area contributed by atoms with Gasteiger partial charge in [-0.3, -0.25) is 14.3 Å². The number of hydrogen-bond donors (Lipinski definition) is 1. The van der Waals surface area contributed by atoms with Crippen LogP contribution in [0.25, 0.3) is 0 Å². The molecule has 0 saturated heterocycles.